The van der Waals surface area contributed by atoms with Gasteiger partial charge in [-0.3, -0.25) is 9.59 Å². The van der Waals surface area contributed by atoms with Crippen molar-refractivity contribution in [1.82, 2.24) is 5.43 Å². The molecule has 0 saturated carbocycles. The van der Waals surface area contributed by atoms with Crippen LogP contribution in [0.15, 0.2) is 59.7 Å². The number of hydrogen-bond donors (Lipinski definition) is 2. The maximum atomic E-state index is 12.0. The van der Waals surface area contributed by atoms with Crippen molar-refractivity contribution in [3.8, 4) is 0 Å². The first kappa shape index (κ1) is 16.4. The van der Waals surface area contributed by atoms with Crippen molar-refractivity contribution in [3.63, 3.8) is 0 Å². The van der Waals surface area contributed by atoms with Crippen LogP contribution in [0.4, 0.5) is 5.69 Å². The molecule has 0 radical (unpaired) electrons. The van der Waals surface area contributed by atoms with Crippen molar-refractivity contribution in [1.29, 1.82) is 0 Å². The number of rotatable bonds is 5. The highest BCUT2D eigenvalue weighted by Crippen LogP contribution is 2.11. The molecule has 0 atom stereocenters. The summed E-state index contributed by atoms with van der Waals surface area (Å²) in [4.78, 5) is 24.0. The highest BCUT2D eigenvalue weighted by molar-refractivity contribution is 5.98. The van der Waals surface area contributed by atoms with E-state index in [9.17, 15) is 9.59 Å². The smallest absolute Gasteiger partial charge is 0.271 e. The van der Waals surface area contributed by atoms with E-state index in [1.807, 2.05) is 30.3 Å². The lowest BCUT2D eigenvalue weighted by molar-refractivity contribution is -0.115. The van der Waals surface area contributed by atoms with E-state index in [0.29, 0.717) is 11.3 Å². The summed E-state index contributed by atoms with van der Waals surface area (Å²) in [5, 5.41) is 6.67. The molecule has 0 aliphatic heterocycles. The molecule has 0 aromatic heterocycles. The van der Waals surface area contributed by atoms with Crippen LogP contribution >= 0.6 is 0 Å². The van der Waals surface area contributed by atoms with Gasteiger partial charge in [0.25, 0.3) is 5.91 Å². The van der Waals surface area contributed by atoms with E-state index in [4.69, 9.17) is 0 Å². The zero-order valence-electron chi connectivity index (χ0n) is 13.2. The van der Waals surface area contributed by atoms with Gasteiger partial charge < -0.3 is 5.32 Å². The third-order valence-electron chi connectivity index (χ3n) is 3.00. The first-order valence-electron chi connectivity index (χ1n) is 7.29. The lowest BCUT2D eigenvalue weighted by atomic mass is 10.1. The van der Waals surface area contributed by atoms with Crippen LogP contribution in [0.2, 0.25) is 0 Å². The summed E-state index contributed by atoms with van der Waals surface area (Å²) in [5.74, 6) is -0.443. The van der Waals surface area contributed by atoms with Gasteiger partial charge >= 0.3 is 0 Å². The fourth-order valence-corrected chi connectivity index (χ4v) is 1.95. The zero-order chi connectivity index (χ0) is 16.7. The van der Waals surface area contributed by atoms with E-state index in [1.54, 1.807) is 38.1 Å². The Morgan fingerprint density at radius 2 is 1.74 bits per heavy atom. The number of nitrogens with one attached hydrogen (secondary N) is 2. The molecule has 0 heterocycles. The molecule has 0 aliphatic carbocycles. The predicted octanol–water partition coefficient (Wildman–Crippen LogP) is 2.99. The fourth-order valence-electron chi connectivity index (χ4n) is 1.95. The van der Waals surface area contributed by atoms with Crippen LogP contribution < -0.4 is 10.7 Å². The second-order valence-electron chi connectivity index (χ2n) is 5.29. The normalized spacial score (nSPS) is 9.83. The number of hydrazone groups is 1. The molecule has 0 unspecified atom stereocenters. The Morgan fingerprint density at radius 3 is 2.43 bits per heavy atom. The number of amides is 2. The summed E-state index contributed by atoms with van der Waals surface area (Å²) in [7, 11) is 0. The topological polar surface area (TPSA) is 70.6 Å². The molecular weight excluding hydrogens is 290 g/mol. The van der Waals surface area contributed by atoms with E-state index in [-0.39, 0.29) is 18.2 Å². The Labute approximate surface area is 135 Å². The molecular formula is C18H19N3O2. The maximum Gasteiger partial charge on any atom is 0.271 e. The number of carbonyl (C=O) groups excluding carboxylic acids is 2. The van der Waals surface area contributed by atoms with Crippen LogP contribution in [0.3, 0.4) is 0 Å². The molecule has 2 N–H and O–H groups in total. The van der Waals surface area contributed by atoms with Gasteiger partial charge in [0.15, 0.2) is 0 Å². The summed E-state index contributed by atoms with van der Waals surface area (Å²) in [6.07, 6.45) is 0.288. The molecule has 0 bridgehead atoms. The lowest BCUT2D eigenvalue weighted by Crippen LogP contribution is -2.19. The number of anilines is 1. The van der Waals surface area contributed by atoms with Gasteiger partial charge in [0.1, 0.15) is 0 Å². The van der Waals surface area contributed by atoms with Gasteiger partial charge in [-0.25, -0.2) is 5.43 Å². The Kier molecular flexibility index (Phi) is 5.63. The van der Waals surface area contributed by atoms with E-state index in [2.05, 4.69) is 15.8 Å². The number of hydrogen-bond acceptors (Lipinski definition) is 3. The fraction of sp³-hybridized carbons (Fsp3) is 0.167. The summed E-state index contributed by atoms with van der Waals surface area (Å²) < 4.78 is 0. The van der Waals surface area contributed by atoms with E-state index < -0.39 is 0 Å². The molecule has 0 spiro atoms. The van der Waals surface area contributed by atoms with Gasteiger partial charge in [-0.05, 0) is 37.6 Å². The summed E-state index contributed by atoms with van der Waals surface area (Å²) in [6, 6.07) is 16.2. The van der Waals surface area contributed by atoms with E-state index in [1.165, 1.54) is 0 Å². The minimum Gasteiger partial charge on any atom is -0.326 e. The van der Waals surface area contributed by atoms with Gasteiger partial charge in [0, 0.05) is 17.0 Å². The maximum absolute atomic E-state index is 12.0. The second kappa shape index (κ2) is 7.89. The summed E-state index contributed by atoms with van der Waals surface area (Å²) in [6.45, 7) is 3.58. The third kappa shape index (κ3) is 5.39. The Bertz CT molecular complexity index is 720. The van der Waals surface area contributed by atoms with Crippen molar-refractivity contribution in [2.24, 2.45) is 5.10 Å². The highest BCUT2D eigenvalue weighted by atomic mass is 16.2. The van der Waals surface area contributed by atoms with Crippen molar-refractivity contribution in [2.75, 3.05) is 5.32 Å². The molecule has 0 fully saturated rings. The van der Waals surface area contributed by atoms with Crippen molar-refractivity contribution in [2.45, 2.75) is 20.3 Å². The minimum atomic E-state index is -0.314. The summed E-state index contributed by atoms with van der Waals surface area (Å²) >= 11 is 0. The number of carbonyl (C=O) groups is 2. The van der Waals surface area contributed by atoms with Crippen LogP contribution in [0.1, 0.15) is 29.8 Å². The van der Waals surface area contributed by atoms with Crippen molar-refractivity contribution in [3.05, 3.63) is 65.7 Å². The molecule has 0 aliphatic rings. The number of nitrogens with zero attached hydrogens (tertiary/aromatic N) is 1. The van der Waals surface area contributed by atoms with Gasteiger partial charge in [0.05, 0.1) is 6.42 Å². The average Bonchev–Trinajstić information content (AvgIpc) is 2.53. The molecule has 2 aromatic rings. The first-order chi connectivity index (χ1) is 11.0. The minimum absolute atomic E-state index is 0.129. The van der Waals surface area contributed by atoms with Crippen molar-refractivity contribution < 1.29 is 9.59 Å². The molecule has 2 aromatic carbocycles. The monoisotopic (exact) mass is 309 g/mol. The first-order valence-corrected chi connectivity index (χ1v) is 7.29. The van der Waals surface area contributed by atoms with Crippen LogP contribution in [0.25, 0.3) is 0 Å². The largest absolute Gasteiger partial charge is 0.326 e. The SMILES string of the molecule is CC(C)=NNC(=O)c1cccc(NC(=O)Cc2ccccc2)c1. The molecule has 0 saturated heterocycles. The standard InChI is InChI=1S/C18H19N3O2/c1-13(2)20-21-18(23)15-9-6-10-16(12-15)19-17(22)11-14-7-4-3-5-8-14/h3-10,12H,11H2,1-2H3,(H,19,22)(H,21,23). The number of benzene rings is 2. The lowest BCUT2D eigenvalue weighted by Gasteiger charge is -2.07. The Hall–Kier alpha value is -2.95. The molecule has 5 nitrogen and oxygen atoms in total. The van der Waals surface area contributed by atoms with E-state index >= 15 is 0 Å². The molecule has 5 heteroatoms. The van der Waals surface area contributed by atoms with Gasteiger partial charge in [-0.1, -0.05) is 36.4 Å². The third-order valence-corrected chi connectivity index (χ3v) is 3.00. The Balaban J connectivity index is 2.01. The second-order valence-corrected chi connectivity index (χ2v) is 5.29. The van der Waals surface area contributed by atoms with Crippen LogP contribution in [-0.2, 0) is 11.2 Å². The van der Waals surface area contributed by atoms with Crippen LogP contribution in [0.5, 0.6) is 0 Å². The molecule has 2 amide bonds. The van der Waals surface area contributed by atoms with Crippen molar-refractivity contribution >= 4 is 23.2 Å². The molecule has 2 rings (SSSR count). The van der Waals surface area contributed by atoms with Crippen LogP contribution in [-0.4, -0.2) is 17.5 Å². The quantitative estimate of drug-likeness (QED) is 0.658. The van der Waals surface area contributed by atoms with Gasteiger partial charge in [-0.15, -0.1) is 0 Å². The average molecular weight is 309 g/mol. The predicted molar refractivity (Wildman–Crippen MR) is 91.5 cm³/mol. The highest BCUT2D eigenvalue weighted by Gasteiger charge is 2.08. The molecule has 118 valence electrons. The molecule has 23 heavy (non-hydrogen) atoms. The Morgan fingerprint density at radius 1 is 1.00 bits per heavy atom. The van der Waals surface area contributed by atoms with Gasteiger partial charge in [-0.2, -0.15) is 5.10 Å². The van der Waals surface area contributed by atoms with E-state index in [0.717, 1.165) is 11.3 Å². The van der Waals surface area contributed by atoms with Gasteiger partial charge in [0.2, 0.25) is 5.91 Å². The zero-order valence-corrected chi connectivity index (χ0v) is 13.2. The van der Waals surface area contributed by atoms with Crippen LogP contribution in [0, 0.1) is 0 Å². The summed E-state index contributed by atoms with van der Waals surface area (Å²) in [5.41, 5.74) is 5.16.